The molecule has 2 aromatic rings. The molecular weight excluding hydrogens is 350 g/mol. The Hall–Kier alpha value is -2.47. The minimum absolute atomic E-state index is 0.0646. The highest BCUT2D eigenvalue weighted by Crippen LogP contribution is 2.21. The van der Waals surface area contributed by atoms with Gasteiger partial charge in [-0.1, -0.05) is 17.7 Å². The van der Waals surface area contributed by atoms with Gasteiger partial charge in [-0.3, -0.25) is 9.59 Å². The number of benzene rings is 2. The van der Waals surface area contributed by atoms with Gasteiger partial charge in [0, 0.05) is 31.7 Å². The molecule has 2 aromatic carbocycles. The monoisotopic (exact) mass is 364 g/mol. The van der Waals surface area contributed by atoms with Crippen LogP contribution in [0.1, 0.15) is 20.7 Å². The minimum Gasteiger partial charge on any atom is -0.335 e. The molecule has 25 heavy (non-hydrogen) atoms. The molecule has 0 aromatic heterocycles. The SMILES string of the molecule is O=C(c1ccc(F)cc1)N1CCN(C(=O)c2c(F)cccc2Cl)CC1. The van der Waals surface area contributed by atoms with E-state index in [1.807, 2.05) is 0 Å². The molecule has 1 aliphatic rings. The van der Waals surface area contributed by atoms with Crippen LogP contribution in [0.4, 0.5) is 8.78 Å². The first-order chi connectivity index (χ1) is 12.0. The highest BCUT2D eigenvalue weighted by Gasteiger charge is 2.28. The van der Waals surface area contributed by atoms with Gasteiger partial charge in [0.05, 0.1) is 10.6 Å². The van der Waals surface area contributed by atoms with Crippen LogP contribution in [-0.4, -0.2) is 47.8 Å². The first kappa shape index (κ1) is 17.4. The molecule has 0 spiro atoms. The molecule has 4 nitrogen and oxygen atoms in total. The van der Waals surface area contributed by atoms with Crippen LogP contribution in [0.5, 0.6) is 0 Å². The van der Waals surface area contributed by atoms with Gasteiger partial charge in [0.2, 0.25) is 0 Å². The molecule has 0 unspecified atom stereocenters. The highest BCUT2D eigenvalue weighted by molar-refractivity contribution is 6.33. The average Bonchev–Trinajstić information content (AvgIpc) is 2.61. The van der Waals surface area contributed by atoms with E-state index in [4.69, 9.17) is 11.6 Å². The summed E-state index contributed by atoms with van der Waals surface area (Å²) in [5, 5.41) is 0.0646. The first-order valence-corrected chi connectivity index (χ1v) is 8.13. The van der Waals surface area contributed by atoms with E-state index < -0.39 is 17.5 Å². The maximum atomic E-state index is 13.9. The lowest BCUT2D eigenvalue weighted by molar-refractivity contribution is 0.0533. The van der Waals surface area contributed by atoms with E-state index in [9.17, 15) is 18.4 Å². The van der Waals surface area contributed by atoms with Crippen molar-refractivity contribution < 1.29 is 18.4 Å². The lowest BCUT2D eigenvalue weighted by Crippen LogP contribution is -2.50. The molecule has 1 heterocycles. The van der Waals surface area contributed by atoms with E-state index in [0.717, 1.165) is 0 Å². The summed E-state index contributed by atoms with van der Waals surface area (Å²) < 4.78 is 26.8. The van der Waals surface area contributed by atoms with E-state index in [2.05, 4.69) is 0 Å². The zero-order chi connectivity index (χ0) is 18.0. The lowest BCUT2D eigenvalue weighted by Gasteiger charge is -2.35. The third-order valence-corrected chi connectivity index (χ3v) is 4.44. The van der Waals surface area contributed by atoms with Crippen molar-refractivity contribution in [1.29, 1.82) is 0 Å². The second kappa shape index (κ2) is 7.19. The van der Waals surface area contributed by atoms with Gasteiger partial charge >= 0.3 is 0 Å². The Morgan fingerprint density at radius 3 is 1.96 bits per heavy atom. The quantitative estimate of drug-likeness (QED) is 0.821. The Morgan fingerprint density at radius 1 is 0.840 bits per heavy atom. The van der Waals surface area contributed by atoms with Crippen LogP contribution in [0.25, 0.3) is 0 Å². The maximum absolute atomic E-state index is 13.9. The normalized spacial score (nSPS) is 14.5. The predicted molar refractivity (Wildman–Crippen MR) is 89.6 cm³/mol. The number of amides is 2. The van der Waals surface area contributed by atoms with Gasteiger partial charge in [-0.2, -0.15) is 0 Å². The van der Waals surface area contributed by atoms with Crippen molar-refractivity contribution in [2.75, 3.05) is 26.2 Å². The third-order valence-electron chi connectivity index (χ3n) is 4.12. The zero-order valence-corrected chi connectivity index (χ0v) is 14.0. The number of rotatable bonds is 2. The van der Waals surface area contributed by atoms with Crippen molar-refractivity contribution in [1.82, 2.24) is 9.80 Å². The fraction of sp³-hybridized carbons (Fsp3) is 0.222. The fourth-order valence-electron chi connectivity index (χ4n) is 2.75. The summed E-state index contributed by atoms with van der Waals surface area (Å²) >= 11 is 5.93. The van der Waals surface area contributed by atoms with Crippen molar-refractivity contribution in [2.45, 2.75) is 0 Å². The van der Waals surface area contributed by atoms with Gasteiger partial charge in [0.1, 0.15) is 11.6 Å². The molecule has 1 aliphatic heterocycles. The van der Waals surface area contributed by atoms with Gasteiger partial charge in [0.25, 0.3) is 11.8 Å². The topological polar surface area (TPSA) is 40.6 Å². The second-order valence-corrected chi connectivity index (χ2v) is 6.10. The Bertz CT molecular complexity index is 783. The molecule has 0 atom stereocenters. The molecule has 0 bridgehead atoms. The molecule has 7 heteroatoms. The van der Waals surface area contributed by atoms with Crippen LogP contribution in [0, 0.1) is 11.6 Å². The predicted octanol–water partition coefficient (Wildman–Crippen LogP) is 3.22. The number of hydrogen-bond donors (Lipinski definition) is 0. The molecule has 1 fully saturated rings. The minimum atomic E-state index is -0.665. The van der Waals surface area contributed by atoms with Gasteiger partial charge in [-0.15, -0.1) is 0 Å². The van der Waals surface area contributed by atoms with Crippen LogP contribution >= 0.6 is 11.6 Å². The molecule has 0 radical (unpaired) electrons. The van der Waals surface area contributed by atoms with Crippen LogP contribution in [0.2, 0.25) is 5.02 Å². The second-order valence-electron chi connectivity index (χ2n) is 5.69. The molecule has 2 amide bonds. The van der Waals surface area contributed by atoms with Crippen LogP contribution in [0.15, 0.2) is 42.5 Å². The van der Waals surface area contributed by atoms with Crippen LogP contribution in [0.3, 0.4) is 0 Å². The first-order valence-electron chi connectivity index (χ1n) is 7.75. The Labute approximate surface area is 148 Å². The number of carbonyl (C=O) groups is 2. The van der Waals surface area contributed by atoms with E-state index >= 15 is 0 Å². The molecule has 0 saturated carbocycles. The number of nitrogens with zero attached hydrogens (tertiary/aromatic N) is 2. The van der Waals surface area contributed by atoms with Gasteiger partial charge in [-0.25, -0.2) is 8.78 Å². The molecule has 3 rings (SSSR count). The maximum Gasteiger partial charge on any atom is 0.258 e. The summed E-state index contributed by atoms with van der Waals surface area (Å²) in [5.41, 5.74) is 0.237. The third kappa shape index (κ3) is 3.64. The molecular formula is C18H15ClF2N2O2. The summed E-state index contributed by atoms with van der Waals surface area (Å²) in [4.78, 5) is 27.9. The standard InChI is InChI=1S/C18H15ClF2N2O2/c19-14-2-1-3-15(21)16(14)18(25)23-10-8-22(9-11-23)17(24)12-4-6-13(20)7-5-12/h1-7H,8-11H2. The van der Waals surface area contributed by atoms with Gasteiger partial charge in [0.15, 0.2) is 0 Å². The summed E-state index contributed by atoms with van der Waals surface area (Å²) in [6.07, 6.45) is 0. The number of carbonyl (C=O) groups excluding carboxylic acids is 2. The van der Waals surface area contributed by atoms with Crippen molar-refractivity contribution in [2.24, 2.45) is 0 Å². The summed E-state index contributed by atoms with van der Waals surface area (Å²) in [5.74, 6) is -1.79. The van der Waals surface area contributed by atoms with Crippen molar-refractivity contribution in [3.05, 3.63) is 70.2 Å². The van der Waals surface area contributed by atoms with Crippen LogP contribution < -0.4 is 0 Å². The van der Waals surface area contributed by atoms with E-state index in [1.54, 1.807) is 4.90 Å². The van der Waals surface area contributed by atoms with Gasteiger partial charge < -0.3 is 9.80 Å². The number of halogens is 3. The smallest absolute Gasteiger partial charge is 0.258 e. The lowest BCUT2D eigenvalue weighted by atomic mass is 10.1. The summed E-state index contributed by atoms with van der Waals surface area (Å²) in [6, 6.07) is 9.40. The van der Waals surface area contributed by atoms with Crippen LogP contribution in [-0.2, 0) is 0 Å². The summed E-state index contributed by atoms with van der Waals surface area (Å²) in [7, 11) is 0. The largest absolute Gasteiger partial charge is 0.335 e. The Morgan fingerprint density at radius 2 is 1.40 bits per heavy atom. The molecule has 0 N–H and O–H groups in total. The number of hydrogen-bond acceptors (Lipinski definition) is 2. The Balaban J connectivity index is 1.66. The van der Waals surface area contributed by atoms with Crippen molar-refractivity contribution in [3.8, 4) is 0 Å². The zero-order valence-electron chi connectivity index (χ0n) is 13.2. The Kier molecular flexibility index (Phi) is 4.99. The highest BCUT2D eigenvalue weighted by atomic mass is 35.5. The molecule has 130 valence electrons. The number of piperazine rings is 1. The van der Waals surface area contributed by atoms with Crippen molar-refractivity contribution in [3.63, 3.8) is 0 Å². The summed E-state index contributed by atoms with van der Waals surface area (Å²) in [6.45, 7) is 1.18. The molecule has 0 aliphatic carbocycles. The van der Waals surface area contributed by atoms with Crippen molar-refractivity contribution >= 4 is 23.4 Å². The fourth-order valence-corrected chi connectivity index (χ4v) is 2.99. The van der Waals surface area contributed by atoms with E-state index in [1.165, 1.54) is 47.4 Å². The van der Waals surface area contributed by atoms with E-state index in [0.29, 0.717) is 18.7 Å². The van der Waals surface area contributed by atoms with E-state index in [-0.39, 0.29) is 29.6 Å². The van der Waals surface area contributed by atoms with Gasteiger partial charge in [-0.05, 0) is 36.4 Å². The average molecular weight is 365 g/mol. The molecule has 1 saturated heterocycles.